The smallest absolute Gasteiger partial charge is 0.317 e. The first-order valence-corrected chi connectivity index (χ1v) is 10.1. The fourth-order valence-electron chi connectivity index (χ4n) is 3.58. The molecule has 5 nitrogen and oxygen atoms in total. The lowest BCUT2D eigenvalue weighted by Gasteiger charge is -2.35. The van der Waals surface area contributed by atoms with E-state index in [1.807, 2.05) is 28.9 Å². The molecule has 2 heterocycles. The highest BCUT2D eigenvalue weighted by Gasteiger charge is 2.28. The third kappa shape index (κ3) is 4.86. The Morgan fingerprint density at radius 3 is 2.88 bits per heavy atom. The average molecular weight is 349 g/mol. The van der Waals surface area contributed by atoms with Crippen molar-refractivity contribution in [3.8, 4) is 0 Å². The van der Waals surface area contributed by atoms with Gasteiger partial charge in [0.25, 0.3) is 0 Å². The molecule has 2 amide bonds. The van der Waals surface area contributed by atoms with Crippen LogP contribution in [0.1, 0.15) is 31.7 Å². The molecule has 1 aromatic rings. The van der Waals surface area contributed by atoms with Crippen LogP contribution in [0.5, 0.6) is 0 Å². The van der Waals surface area contributed by atoms with E-state index in [4.69, 9.17) is 0 Å². The molecule has 0 radical (unpaired) electrons. The number of piperazine rings is 1. The largest absolute Gasteiger partial charge is 0.335 e. The first-order valence-electron chi connectivity index (χ1n) is 9.03. The van der Waals surface area contributed by atoms with Crippen LogP contribution >= 0.6 is 11.8 Å². The highest BCUT2D eigenvalue weighted by Crippen LogP contribution is 2.29. The van der Waals surface area contributed by atoms with Gasteiger partial charge >= 0.3 is 6.03 Å². The summed E-state index contributed by atoms with van der Waals surface area (Å²) in [6, 6.07) is 4.58. The fraction of sp³-hybridized carbons (Fsp3) is 0.667. The minimum atomic E-state index is 0.128. The summed E-state index contributed by atoms with van der Waals surface area (Å²) in [4.78, 5) is 21.0. The molecule has 2 unspecified atom stereocenters. The second-order valence-corrected chi connectivity index (χ2v) is 8.24. The Labute approximate surface area is 149 Å². The zero-order chi connectivity index (χ0) is 16.8. The SMILES string of the molecule is CCSC1CCC(NC(=O)N2CCN(Cc3cccnc3)CC2)C1. The number of urea groups is 1. The highest BCUT2D eigenvalue weighted by atomic mass is 32.2. The Hall–Kier alpha value is -1.27. The highest BCUT2D eigenvalue weighted by molar-refractivity contribution is 7.99. The van der Waals surface area contributed by atoms with Gasteiger partial charge in [-0.15, -0.1) is 0 Å². The molecule has 1 aromatic heterocycles. The molecule has 0 spiro atoms. The maximum Gasteiger partial charge on any atom is 0.317 e. The van der Waals surface area contributed by atoms with Gasteiger partial charge in [0.15, 0.2) is 0 Å². The van der Waals surface area contributed by atoms with Crippen molar-refractivity contribution in [2.45, 2.75) is 44.0 Å². The third-order valence-corrected chi connectivity index (χ3v) is 6.14. The third-order valence-electron chi connectivity index (χ3n) is 4.90. The Balaban J connectivity index is 1.39. The van der Waals surface area contributed by atoms with Crippen molar-refractivity contribution in [1.82, 2.24) is 20.1 Å². The molecular weight excluding hydrogens is 320 g/mol. The molecule has 1 aliphatic carbocycles. The summed E-state index contributed by atoms with van der Waals surface area (Å²) >= 11 is 2.03. The molecule has 0 aromatic carbocycles. The van der Waals surface area contributed by atoms with Gasteiger partial charge in [-0.3, -0.25) is 9.88 Å². The van der Waals surface area contributed by atoms with Crippen LogP contribution in [0.15, 0.2) is 24.5 Å². The van der Waals surface area contributed by atoms with E-state index >= 15 is 0 Å². The Kier molecular flexibility index (Phi) is 6.37. The minimum absolute atomic E-state index is 0.128. The van der Waals surface area contributed by atoms with Gasteiger partial charge in [-0.2, -0.15) is 11.8 Å². The van der Waals surface area contributed by atoms with Crippen LogP contribution in [0, 0.1) is 0 Å². The number of amides is 2. The second kappa shape index (κ2) is 8.72. The number of nitrogens with one attached hydrogen (secondary N) is 1. The molecule has 3 rings (SSSR count). The summed E-state index contributed by atoms with van der Waals surface area (Å²) in [5, 5.41) is 3.98. The molecule has 132 valence electrons. The molecule has 1 saturated carbocycles. The standard InChI is InChI=1S/C18H28N4OS/c1-2-24-17-6-5-16(12-17)20-18(23)22-10-8-21(9-11-22)14-15-4-3-7-19-13-15/h3-4,7,13,16-17H,2,5-6,8-12,14H2,1H3,(H,20,23). The molecular formula is C18H28N4OS. The van der Waals surface area contributed by atoms with Crippen LogP contribution in [0.4, 0.5) is 4.79 Å². The average Bonchev–Trinajstić information content (AvgIpc) is 3.04. The lowest BCUT2D eigenvalue weighted by Crippen LogP contribution is -2.52. The molecule has 1 N–H and O–H groups in total. The van der Waals surface area contributed by atoms with Gasteiger partial charge in [-0.1, -0.05) is 13.0 Å². The monoisotopic (exact) mass is 348 g/mol. The van der Waals surface area contributed by atoms with E-state index in [1.165, 1.54) is 17.7 Å². The number of hydrogen-bond acceptors (Lipinski definition) is 4. The van der Waals surface area contributed by atoms with E-state index < -0.39 is 0 Å². The zero-order valence-corrected chi connectivity index (χ0v) is 15.3. The second-order valence-electron chi connectivity index (χ2n) is 6.66. The number of carbonyl (C=O) groups excluding carboxylic acids is 1. The Bertz CT molecular complexity index is 519. The fourth-order valence-corrected chi connectivity index (χ4v) is 4.73. The summed E-state index contributed by atoms with van der Waals surface area (Å²) in [6.45, 7) is 6.61. The number of pyridine rings is 1. The van der Waals surface area contributed by atoms with Gasteiger partial charge < -0.3 is 10.2 Å². The normalized spacial score (nSPS) is 25.0. The number of thioether (sulfide) groups is 1. The van der Waals surface area contributed by atoms with Gasteiger partial charge in [0.05, 0.1) is 0 Å². The zero-order valence-electron chi connectivity index (χ0n) is 14.5. The van der Waals surface area contributed by atoms with Crippen molar-refractivity contribution in [2.24, 2.45) is 0 Å². The molecule has 2 atom stereocenters. The Morgan fingerprint density at radius 1 is 1.33 bits per heavy atom. The van der Waals surface area contributed by atoms with E-state index in [-0.39, 0.29) is 6.03 Å². The number of carbonyl (C=O) groups is 1. The molecule has 24 heavy (non-hydrogen) atoms. The van der Waals surface area contributed by atoms with Gasteiger partial charge in [0.1, 0.15) is 0 Å². The van der Waals surface area contributed by atoms with Crippen molar-refractivity contribution in [1.29, 1.82) is 0 Å². The van der Waals surface area contributed by atoms with Gasteiger partial charge in [0, 0.05) is 56.4 Å². The lowest BCUT2D eigenvalue weighted by atomic mass is 10.2. The summed E-state index contributed by atoms with van der Waals surface area (Å²) < 4.78 is 0. The van der Waals surface area contributed by atoms with Crippen LogP contribution in [-0.4, -0.2) is 64.0 Å². The quantitative estimate of drug-likeness (QED) is 0.888. The Morgan fingerprint density at radius 2 is 2.17 bits per heavy atom. The number of nitrogens with zero attached hydrogens (tertiary/aromatic N) is 3. The van der Waals surface area contributed by atoms with Crippen LogP contribution in [-0.2, 0) is 6.54 Å². The van der Waals surface area contributed by atoms with E-state index in [9.17, 15) is 4.79 Å². The molecule has 6 heteroatoms. The summed E-state index contributed by atoms with van der Waals surface area (Å²) in [5.41, 5.74) is 1.24. The van der Waals surface area contributed by atoms with Crippen molar-refractivity contribution in [3.05, 3.63) is 30.1 Å². The molecule has 0 bridgehead atoms. The first kappa shape index (κ1) is 17.5. The lowest BCUT2D eigenvalue weighted by molar-refractivity contribution is 0.133. The molecule has 2 fully saturated rings. The first-order chi connectivity index (χ1) is 11.7. The predicted octanol–water partition coefficient (Wildman–Crippen LogP) is 2.58. The van der Waals surface area contributed by atoms with E-state index in [2.05, 4.69) is 28.2 Å². The summed E-state index contributed by atoms with van der Waals surface area (Å²) in [6.07, 6.45) is 7.22. The van der Waals surface area contributed by atoms with Crippen molar-refractivity contribution in [3.63, 3.8) is 0 Å². The summed E-state index contributed by atoms with van der Waals surface area (Å²) in [7, 11) is 0. The van der Waals surface area contributed by atoms with Crippen LogP contribution in [0.25, 0.3) is 0 Å². The van der Waals surface area contributed by atoms with Crippen LogP contribution < -0.4 is 5.32 Å². The van der Waals surface area contributed by atoms with Crippen molar-refractivity contribution < 1.29 is 4.79 Å². The molecule has 1 aliphatic heterocycles. The van der Waals surface area contributed by atoms with E-state index in [0.29, 0.717) is 6.04 Å². The maximum atomic E-state index is 12.5. The molecule has 2 aliphatic rings. The maximum absolute atomic E-state index is 12.5. The topological polar surface area (TPSA) is 48.5 Å². The van der Waals surface area contributed by atoms with E-state index in [0.717, 1.165) is 50.8 Å². The van der Waals surface area contributed by atoms with Crippen molar-refractivity contribution in [2.75, 3.05) is 31.9 Å². The predicted molar refractivity (Wildman–Crippen MR) is 99.2 cm³/mol. The summed E-state index contributed by atoms with van der Waals surface area (Å²) in [5.74, 6) is 1.17. The van der Waals surface area contributed by atoms with Gasteiger partial charge in [0.2, 0.25) is 0 Å². The number of rotatable bonds is 5. The number of aromatic nitrogens is 1. The van der Waals surface area contributed by atoms with Crippen LogP contribution in [0.3, 0.4) is 0 Å². The molecule has 1 saturated heterocycles. The van der Waals surface area contributed by atoms with Crippen molar-refractivity contribution >= 4 is 17.8 Å². The van der Waals surface area contributed by atoms with E-state index in [1.54, 1.807) is 6.20 Å². The number of hydrogen-bond donors (Lipinski definition) is 1. The van der Waals surface area contributed by atoms with Gasteiger partial charge in [-0.05, 0) is 36.6 Å². The van der Waals surface area contributed by atoms with Gasteiger partial charge in [-0.25, -0.2) is 4.79 Å². The van der Waals surface area contributed by atoms with Crippen LogP contribution in [0.2, 0.25) is 0 Å². The minimum Gasteiger partial charge on any atom is -0.335 e.